The van der Waals surface area contributed by atoms with Gasteiger partial charge in [0.2, 0.25) is 0 Å². The Morgan fingerprint density at radius 2 is 2.05 bits per heavy atom. The number of aliphatic imine (C=N–C) groups is 1. The lowest BCUT2D eigenvalue weighted by molar-refractivity contribution is 0.511. The zero-order valence-electron chi connectivity index (χ0n) is 11.4. The molecule has 1 aliphatic rings. The van der Waals surface area contributed by atoms with Crippen molar-refractivity contribution in [1.82, 2.24) is 4.98 Å². The monoisotopic (exact) mass is 304 g/mol. The second kappa shape index (κ2) is 5.00. The zero-order valence-corrected chi connectivity index (χ0v) is 12.2. The van der Waals surface area contributed by atoms with Gasteiger partial charge in [-0.1, -0.05) is 23.7 Å². The fourth-order valence-electron chi connectivity index (χ4n) is 2.54. The summed E-state index contributed by atoms with van der Waals surface area (Å²) in [6.07, 6.45) is 1.19. The maximum atomic E-state index is 13.1. The third kappa shape index (κ3) is 2.23. The van der Waals surface area contributed by atoms with E-state index in [0.717, 1.165) is 5.69 Å². The minimum absolute atomic E-state index is 0.372. The molecule has 2 N–H and O–H groups in total. The molecule has 108 valence electrons. The lowest BCUT2D eigenvalue weighted by Crippen LogP contribution is -2.48. The van der Waals surface area contributed by atoms with Gasteiger partial charge in [0.1, 0.15) is 11.4 Å². The first-order chi connectivity index (χ1) is 10.0. The molecule has 1 aliphatic heterocycles. The van der Waals surface area contributed by atoms with Gasteiger partial charge in [-0.2, -0.15) is 0 Å². The average Bonchev–Trinajstić information content (AvgIpc) is 2.77. The number of aromatic nitrogens is 1. The molecular formula is C15H14ClFN4. The molecule has 0 fully saturated rings. The van der Waals surface area contributed by atoms with Gasteiger partial charge >= 0.3 is 0 Å². The lowest BCUT2D eigenvalue weighted by Gasteiger charge is -2.36. The van der Waals surface area contributed by atoms with Crippen LogP contribution in [0.5, 0.6) is 0 Å². The minimum Gasteiger partial charge on any atom is -0.369 e. The van der Waals surface area contributed by atoms with E-state index in [2.05, 4.69) is 9.98 Å². The highest BCUT2D eigenvalue weighted by atomic mass is 35.5. The fourth-order valence-corrected chi connectivity index (χ4v) is 2.76. The molecule has 0 radical (unpaired) electrons. The normalized spacial score (nSPS) is 21.5. The molecule has 4 nitrogen and oxygen atoms in total. The number of nitrogens with two attached hydrogens (primary N) is 1. The SMILES string of the molecule is CC1(c2ccc(F)cn2)CN=C(N)N1c1ccccc1Cl. The van der Waals surface area contributed by atoms with Crippen molar-refractivity contribution in [2.75, 3.05) is 11.4 Å². The van der Waals surface area contributed by atoms with E-state index in [-0.39, 0.29) is 5.82 Å². The summed E-state index contributed by atoms with van der Waals surface area (Å²) in [5.41, 5.74) is 6.89. The van der Waals surface area contributed by atoms with Crippen molar-refractivity contribution in [2.45, 2.75) is 12.5 Å². The zero-order chi connectivity index (χ0) is 15.0. The van der Waals surface area contributed by atoms with Crippen molar-refractivity contribution >= 4 is 23.2 Å². The quantitative estimate of drug-likeness (QED) is 0.928. The summed E-state index contributed by atoms with van der Waals surface area (Å²) in [5, 5.41) is 0.575. The number of rotatable bonds is 2. The first-order valence-corrected chi connectivity index (χ1v) is 6.87. The highest BCUT2D eigenvalue weighted by Gasteiger charge is 2.42. The Morgan fingerprint density at radius 1 is 1.29 bits per heavy atom. The highest BCUT2D eigenvalue weighted by molar-refractivity contribution is 6.34. The van der Waals surface area contributed by atoms with Crippen molar-refractivity contribution in [2.24, 2.45) is 10.7 Å². The van der Waals surface area contributed by atoms with Crippen LogP contribution in [0.4, 0.5) is 10.1 Å². The van der Waals surface area contributed by atoms with Crippen LogP contribution in [0.3, 0.4) is 0 Å². The van der Waals surface area contributed by atoms with Gasteiger partial charge in [0.05, 0.1) is 29.1 Å². The van der Waals surface area contributed by atoms with Crippen LogP contribution in [0.1, 0.15) is 12.6 Å². The van der Waals surface area contributed by atoms with Gasteiger partial charge in [0.15, 0.2) is 5.96 Å². The Kier molecular flexibility index (Phi) is 3.29. The summed E-state index contributed by atoms with van der Waals surface area (Å²) in [5.74, 6) is -0.00439. The molecule has 1 atom stereocenters. The molecule has 0 amide bonds. The van der Waals surface area contributed by atoms with E-state index in [4.69, 9.17) is 17.3 Å². The van der Waals surface area contributed by atoms with Crippen LogP contribution in [0.2, 0.25) is 5.02 Å². The molecule has 2 heterocycles. The van der Waals surface area contributed by atoms with Gasteiger partial charge in [0.25, 0.3) is 0 Å². The van der Waals surface area contributed by atoms with Crippen LogP contribution in [-0.4, -0.2) is 17.5 Å². The first-order valence-electron chi connectivity index (χ1n) is 6.49. The molecule has 1 aromatic heterocycles. The number of hydrogen-bond donors (Lipinski definition) is 1. The largest absolute Gasteiger partial charge is 0.369 e. The molecule has 0 spiro atoms. The summed E-state index contributed by atoms with van der Waals surface area (Å²) >= 11 is 6.28. The third-order valence-corrected chi connectivity index (χ3v) is 3.96. The lowest BCUT2D eigenvalue weighted by atomic mass is 9.95. The van der Waals surface area contributed by atoms with Crippen molar-refractivity contribution in [1.29, 1.82) is 0 Å². The molecule has 2 aromatic rings. The van der Waals surface area contributed by atoms with Crippen LogP contribution >= 0.6 is 11.6 Å². The topological polar surface area (TPSA) is 54.5 Å². The van der Waals surface area contributed by atoms with Crippen LogP contribution < -0.4 is 10.6 Å². The van der Waals surface area contributed by atoms with Crippen molar-refractivity contribution in [3.05, 3.63) is 59.1 Å². The molecule has 1 unspecified atom stereocenters. The van der Waals surface area contributed by atoms with Crippen LogP contribution in [0.25, 0.3) is 0 Å². The standard InChI is InChI=1S/C15H14ClFN4/c1-15(13-7-6-10(17)8-19-13)9-20-14(18)21(15)12-5-3-2-4-11(12)16/h2-8H,9H2,1H3,(H2,18,20). The van der Waals surface area contributed by atoms with E-state index in [1.807, 2.05) is 30.0 Å². The number of halogens is 2. The van der Waals surface area contributed by atoms with Gasteiger partial charge in [-0.15, -0.1) is 0 Å². The molecule has 0 saturated heterocycles. The van der Waals surface area contributed by atoms with E-state index in [0.29, 0.717) is 23.2 Å². The number of benzene rings is 1. The van der Waals surface area contributed by atoms with Gasteiger partial charge in [-0.3, -0.25) is 14.9 Å². The predicted molar refractivity (Wildman–Crippen MR) is 82.0 cm³/mol. The van der Waals surface area contributed by atoms with Crippen LogP contribution in [0, 0.1) is 5.82 Å². The Labute approximate surface area is 127 Å². The third-order valence-electron chi connectivity index (χ3n) is 3.64. The van der Waals surface area contributed by atoms with Gasteiger partial charge in [-0.25, -0.2) is 4.39 Å². The Morgan fingerprint density at radius 3 is 2.71 bits per heavy atom. The maximum absolute atomic E-state index is 13.1. The van der Waals surface area contributed by atoms with Crippen molar-refractivity contribution < 1.29 is 4.39 Å². The van der Waals surface area contributed by atoms with Crippen molar-refractivity contribution in [3.8, 4) is 0 Å². The van der Waals surface area contributed by atoms with Gasteiger partial charge < -0.3 is 5.73 Å². The molecule has 0 saturated carbocycles. The maximum Gasteiger partial charge on any atom is 0.196 e. The summed E-state index contributed by atoms with van der Waals surface area (Å²) in [4.78, 5) is 10.3. The number of guanidine groups is 1. The predicted octanol–water partition coefficient (Wildman–Crippen LogP) is 2.92. The van der Waals surface area contributed by atoms with Crippen molar-refractivity contribution in [3.63, 3.8) is 0 Å². The van der Waals surface area contributed by atoms with E-state index in [1.54, 1.807) is 12.1 Å². The van der Waals surface area contributed by atoms with Gasteiger partial charge in [-0.05, 0) is 31.2 Å². The number of anilines is 1. The Hall–Kier alpha value is -2.14. The molecular weight excluding hydrogens is 291 g/mol. The second-order valence-electron chi connectivity index (χ2n) is 5.10. The first kappa shape index (κ1) is 13.8. The van der Waals surface area contributed by atoms with Gasteiger partial charge in [0, 0.05) is 0 Å². The molecule has 3 rings (SSSR count). The van der Waals surface area contributed by atoms with E-state index >= 15 is 0 Å². The fraction of sp³-hybridized carbons (Fsp3) is 0.200. The summed E-state index contributed by atoms with van der Waals surface area (Å²) < 4.78 is 13.1. The number of para-hydroxylation sites is 1. The molecule has 21 heavy (non-hydrogen) atoms. The smallest absolute Gasteiger partial charge is 0.196 e. The van der Waals surface area contributed by atoms with E-state index in [1.165, 1.54) is 12.3 Å². The Bertz CT molecular complexity index is 701. The minimum atomic E-state index is -0.594. The van der Waals surface area contributed by atoms with Crippen LogP contribution in [-0.2, 0) is 5.54 Å². The molecule has 1 aromatic carbocycles. The highest BCUT2D eigenvalue weighted by Crippen LogP contribution is 2.38. The molecule has 0 aliphatic carbocycles. The molecule has 6 heteroatoms. The Balaban J connectivity index is 2.10. The van der Waals surface area contributed by atoms with E-state index < -0.39 is 5.54 Å². The number of hydrogen-bond acceptors (Lipinski definition) is 4. The summed E-state index contributed by atoms with van der Waals surface area (Å²) in [6, 6.07) is 10.4. The second-order valence-corrected chi connectivity index (χ2v) is 5.50. The van der Waals surface area contributed by atoms with E-state index in [9.17, 15) is 4.39 Å². The molecule has 0 bridgehead atoms. The number of pyridine rings is 1. The summed E-state index contributed by atoms with van der Waals surface area (Å²) in [6.45, 7) is 2.39. The summed E-state index contributed by atoms with van der Waals surface area (Å²) in [7, 11) is 0. The number of nitrogens with zero attached hydrogens (tertiary/aromatic N) is 3. The van der Waals surface area contributed by atoms with Crippen LogP contribution in [0.15, 0.2) is 47.6 Å². The average molecular weight is 305 g/mol.